The van der Waals surface area contributed by atoms with Gasteiger partial charge in [-0.05, 0) is 18.2 Å². The zero-order valence-electron chi connectivity index (χ0n) is 9.82. The summed E-state index contributed by atoms with van der Waals surface area (Å²) in [7, 11) is 1.14. The standard InChI is InChI=1S/C12H10F3NO3/c1-19-11(18)6-5-10(17)16-9-4-2-3-8(7-9)12(13,14)15/h2-7H,1H3,(H,16,17). The maximum absolute atomic E-state index is 12.4. The van der Waals surface area contributed by atoms with Crippen LogP contribution >= 0.6 is 0 Å². The number of nitrogens with one attached hydrogen (secondary N) is 1. The van der Waals surface area contributed by atoms with E-state index in [9.17, 15) is 22.8 Å². The summed E-state index contributed by atoms with van der Waals surface area (Å²) in [4.78, 5) is 22.0. The van der Waals surface area contributed by atoms with Gasteiger partial charge in [-0.25, -0.2) is 4.79 Å². The van der Waals surface area contributed by atoms with Gasteiger partial charge in [0, 0.05) is 17.8 Å². The molecule has 0 radical (unpaired) electrons. The van der Waals surface area contributed by atoms with Crippen molar-refractivity contribution in [3.63, 3.8) is 0 Å². The van der Waals surface area contributed by atoms with Gasteiger partial charge >= 0.3 is 12.1 Å². The van der Waals surface area contributed by atoms with Gasteiger partial charge in [-0.15, -0.1) is 0 Å². The molecule has 0 spiro atoms. The highest BCUT2D eigenvalue weighted by Crippen LogP contribution is 2.30. The maximum atomic E-state index is 12.4. The number of hydrogen-bond donors (Lipinski definition) is 1. The van der Waals surface area contributed by atoms with E-state index in [4.69, 9.17) is 0 Å². The quantitative estimate of drug-likeness (QED) is 0.679. The molecule has 1 aromatic rings. The molecule has 0 saturated heterocycles. The molecule has 0 unspecified atom stereocenters. The SMILES string of the molecule is COC(=O)C=CC(=O)Nc1cccc(C(F)(F)F)c1. The molecule has 1 aromatic carbocycles. The van der Waals surface area contributed by atoms with Crippen molar-refractivity contribution in [1.29, 1.82) is 0 Å². The molecule has 0 saturated carbocycles. The van der Waals surface area contributed by atoms with Crippen LogP contribution in [0.3, 0.4) is 0 Å². The van der Waals surface area contributed by atoms with Crippen molar-refractivity contribution < 1.29 is 27.5 Å². The van der Waals surface area contributed by atoms with Gasteiger partial charge in [0.25, 0.3) is 0 Å². The minimum atomic E-state index is -4.48. The number of benzene rings is 1. The molecule has 102 valence electrons. The summed E-state index contributed by atoms with van der Waals surface area (Å²) in [5.74, 6) is -1.47. The van der Waals surface area contributed by atoms with Gasteiger partial charge < -0.3 is 10.1 Å². The smallest absolute Gasteiger partial charge is 0.416 e. The second-order valence-corrected chi connectivity index (χ2v) is 3.42. The predicted molar refractivity (Wildman–Crippen MR) is 61.2 cm³/mol. The Balaban J connectivity index is 2.75. The number of carbonyl (C=O) groups excluding carboxylic acids is 2. The van der Waals surface area contributed by atoms with Crippen LogP contribution in [0.1, 0.15) is 5.56 Å². The molecule has 7 heteroatoms. The van der Waals surface area contributed by atoms with E-state index in [0.29, 0.717) is 0 Å². The number of methoxy groups -OCH3 is 1. The van der Waals surface area contributed by atoms with Crippen LogP contribution in [0.25, 0.3) is 0 Å². The lowest BCUT2D eigenvalue weighted by molar-refractivity contribution is -0.137. The van der Waals surface area contributed by atoms with E-state index in [1.807, 2.05) is 0 Å². The number of halogens is 3. The molecule has 19 heavy (non-hydrogen) atoms. The van der Waals surface area contributed by atoms with Crippen molar-refractivity contribution in [2.75, 3.05) is 12.4 Å². The summed E-state index contributed by atoms with van der Waals surface area (Å²) in [6.45, 7) is 0. The first-order valence-corrected chi connectivity index (χ1v) is 5.07. The first-order valence-electron chi connectivity index (χ1n) is 5.07. The highest BCUT2D eigenvalue weighted by Gasteiger charge is 2.30. The van der Waals surface area contributed by atoms with E-state index in [2.05, 4.69) is 10.1 Å². The third-order valence-electron chi connectivity index (χ3n) is 2.03. The number of alkyl halides is 3. The third-order valence-corrected chi connectivity index (χ3v) is 2.03. The van der Waals surface area contributed by atoms with Crippen molar-refractivity contribution in [3.05, 3.63) is 42.0 Å². The Hall–Kier alpha value is -2.31. The predicted octanol–water partition coefficient (Wildman–Crippen LogP) is 2.37. The van der Waals surface area contributed by atoms with Gasteiger partial charge in [0.2, 0.25) is 5.91 Å². The summed E-state index contributed by atoms with van der Waals surface area (Å²) < 4.78 is 41.5. The highest BCUT2D eigenvalue weighted by atomic mass is 19.4. The minimum absolute atomic E-state index is 0.0191. The van der Waals surface area contributed by atoms with Crippen molar-refractivity contribution in [1.82, 2.24) is 0 Å². The van der Waals surface area contributed by atoms with Crippen LogP contribution < -0.4 is 5.32 Å². The molecule has 1 rings (SSSR count). The Morgan fingerprint density at radius 2 is 1.95 bits per heavy atom. The monoisotopic (exact) mass is 273 g/mol. The zero-order chi connectivity index (χ0) is 14.5. The first-order chi connectivity index (χ1) is 8.82. The van der Waals surface area contributed by atoms with E-state index in [1.54, 1.807) is 0 Å². The first kappa shape index (κ1) is 14.7. The molecule has 0 bridgehead atoms. The van der Waals surface area contributed by atoms with Crippen molar-refractivity contribution in [3.8, 4) is 0 Å². The fraction of sp³-hybridized carbons (Fsp3) is 0.167. The fourth-order valence-corrected chi connectivity index (χ4v) is 1.17. The Bertz CT molecular complexity index is 509. The highest BCUT2D eigenvalue weighted by molar-refractivity contribution is 6.02. The van der Waals surface area contributed by atoms with Gasteiger partial charge in [0.1, 0.15) is 0 Å². The normalized spacial score (nSPS) is 11.4. The van der Waals surface area contributed by atoms with Crippen LogP contribution in [0.4, 0.5) is 18.9 Å². The average Bonchev–Trinajstić information content (AvgIpc) is 2.35. The molecule has 0 heterocycles. The zero-order valence-corrected chi connectivity index (χ0v) is 9.82. The summed E-state index contributed by atoms with van der Waals surface area (Å²) in [6, 6.07) is 4.16. The molecule has 0 aliphatic carbocycles. The number of amides is 1. The number of esters is 1. The average molecular weight is 273 g/mol. The number of rotatable bonds is 3. The van der Waals surface area contributed by atoms with E-state index < -0.39 is 23.6 Å². The molecule has 0 atom stereocenters. The van der Waals surface area contributed by atoms with Crippen LogP contribution in [0.2, 0.25) is 0 Å². The second kappa shape index (κ2) is 6.03. The number of carbonyl (C=O) groups is 2. The molecule has 1 amide bonds. The van der Waals surface area contributed by atoms with E-state index in [-0.39, 0.29) is 5.69 Å². The van der Waals surface area contributed by atoms with Gasteiger partial charge in [0.05, 0.1) is 12.7 Å². The number of ether oxygens (including phenoxy) is 1. The molecule has 0 aromatic heterocycles. The second-order valence-electron chi connectivity index (χ2n) is 3.42. The Labute approximate surface area is 106 Å². The van der Waals surface area contributed by atoms with Crippen LogP contribution in [-0.2, 0) is 20.5 Å². The fourth-order valence-electron chi connectivity index (χ4n) is 1.17. The van der Waals surface area contributed by atoms with Gasteiger partial charge in [0.15, 0.2) is 0 Å². The van der Waals surface area contributed by atoms with Crippen LogP contribution in [-0.4, -0.2) is 19.0 Å². The van der Waals surface area contributed by atoms with E-state index in [0.717, 1.165) is 31.4 Å². The third kappa shape index (κ3) is 4.82. The summed E-state index contributed by atoms with van der Waals surface area (Å²) in [5.41, 5.74) is -0.892. The molecule has 0 fully saturated rings. The number of anilines is 1. The minimum Gasteiger partial charge on any atom is -0.466 e. The van der Waals surface area contributed by atoms with Crippen LogP contribution in [0.15, 0.2) is 36.4 Å². The van der Waals surface area contributed by atoms with Gasteiger partial charge in [-0.2, -0.15) is 13.2 Å². The van der Waals surface area contributed by atoms with Crippen LogP contribution in [0.5, 0.6) is 0 Å². The topological polar surface area (TPSA) is 55.4 Å². The molecular formula is C12H10F3NO3. The Morgan fingerprint density at radius 1 is 1.26 bits per heavy atom. The molecule has 4 nitrogen and oxygen atoms in total. The number of hydrogen-bond acceptors (Lipinski definition) is 3. The van der Waals surface area contributed by atoms with E-state index >= 15 is 0 Å². The Kier molecular flexibility index (Phi) is 4.68. The summed E-state index contributed by atoms with van der Waals surface area (Å²) in [5, 5.41) is 2.20. The maximum Gasteiger partial charge on any atom is 0.416 e. The lowest BCUT2D eigenvalue weighted by Gasteiger charge is -2.08. The summed E-state index contributed by atoms with van der Waals surface area (Å²) in [6.07, 6.45) is -2.75. The van der Waals surface area contributed by atoms with Crippen molar-refractivity contribution in [2.45, 2.75) is 6.18 Å². The lowest BCUT2D eigenvalue weighted by atomic mass is 10.2. The van der Waals surface area contributed by atoms with Crippen LogP contribution in [0, 0.1) is 0 Å². The molecule has 0 aliphatic rings. The van der Waals surface area contributed by atoms with Gasteiger partial charge in [-0.3, -0.25) is 4.79 Å². The molecular weight excluding hydrogens is 263 g/mol. The van der Waals surface area contributed by atoms with Crippen molar-refractivity contribution in [2.24, 2.45) is 0 Å². The molecule has 0 aliphatic heterocycles. The Morgan fingerprint density at radius 3 is 2.53 bits per heavy atom. The van der Waals surface area contributed by atoms with Crippen molar-refractivity contribution >= 4 is 17.6 Å². The summed E-state index contributed by atoms with van der Waals surface area (Å²) >= 11 is 0. The lowest BCUT2D eigenvalue weighted by Crippen LogP contribution is -2.11. The van der Waals surface area contributed by atoms with E-state index in [1.165, 1.54) is 12.1 Å². The molecule has 1 N–H and O–H groups in total. The van der Waals surface area contributed by atoms with Gasteiger partial charge in [-0.1, -0.05) is 6.07 Å². The largest absolute Gasteiger partial charge is 0.466 e.